The second-order valence-electron chi connectivity index (χ2n) is 6.37. The third-order valence-electron chi connectivity index (χ3n) is 2.39. The van der Waals surface area contributed by atoms with E-state index in [4.69, 9.17) is 8.92 Å². The molecular weight excluding hydrogens is 282 g/mol. The molecule has 120 valence electrons. The Kier molecular flexibility index (Phi) is 6.97. The van der Waals surface area contributed by atoms with E-state index >= 15 is 0 Å². The Morgan fingerprint density at radius 3 is 2.05 bits per heavy atom. The molecule has 0 rings (SSSR count). The molecule has 0 aliphatic carbocycles. The summed E-state index contributed by atoms with van der Waals surface area (Å²) in [6.07, 6.45) is 0.417. The van der Waals surface area contributed by atoms with Gasteiger partial charge < -0.3 is 10.1 Å². The summed E-state index contributed by atoms with van der Waals surface area (Å²) in [5.74, 6) is 0.0209. The van der Waals surface area contributed by atoms with E-state index in [0.717, 1.165) is 6.26 Å². The first-order chi connectivity index (χ1) is 8.80. The van der Waals surface area contributed by atoms with Crippen molar-refractivity contribution in [3.8, 4) is 0 Å². The highest BCUT2D eigenvalue weighted by molar-refractivity contribution is 7.86. The zero-order valence-electron chi connectivity index (χ0n) is 13.4. The number of ether oxygens (including phenoxy) is 1. The highest BCUT2D eigenvalue weighted by Gasteiger charge is 2.24. The van der Waals surface area contributed by atoms with Gasteiger partial charge in [-0.25, -0.2) is 4.79 Å². The third-order valence-corrected chi connectivity index (χ3v) is 2.99. The molecule has 0 aromatic rings. The van der Waals surface area contributed by atoms with Gasteiger partial charge in [-0.05, 0) is 40.0 Å². The maximum Gasteiger partial charge on any atom is 0.407 e. The number of carbonyl (C=O) groups excluding carboxylic acids is 1. The van der Waals surface area contributed by atoms with Gasteiger partial charge in [-0.3, -0.25) is 4.18 Å². The van der Waals surface area contributed by atoms with Crippen LogP contribution in [-0.4, -0.2) is 38.5 Å². The Bertz CT molecular complexity index is 411. The molecule has 0 saturated heterocycles. The van der Waals surface area contributed by atoms with Crippen molar-refractivity contribution in [2.75, 3.05) is 6.26 Å². The van der Waals surface area contributed by atoms with Crippen LogP contribution in [-0.2, 0) is 19.0 Å². The van der Waals surface area contributed by atoms with Gasteiger partial charge in [-0.15, -0.1) is 0 Å². The van der Waals surface area contributed by atoms with Gasteiger partial charge >= 0.3 is 6.09 Å². The minimum atomic E-state index is -3.52. The van der Waals surface area contributed by atoms with Crippen molar-refractivity contribution in [3.05, 3.63) is 0 Å². The van der Waals surface area contributed by atoms with E-state index in [0.29, 0.717) is 6.42 Å². The monoisotopic (exact) mass is 309 g/mol. The zero-order valence-corrected chi connectivity index (χ0v) is 14.2. The van der Waals surface area contributed by atoms with Crippen molar-refractivity contribution >= 4 is 16.2 Å². The molecule has 0 bridgehead atoms. The van der Waals surface area contributed by atoms with Crippen LogP contribution in [0.2, 0.25) is 0 Å². The molecule has 1 N–H and O–H groups in total. The smallest absolute Gasteiger partial charge is 0.407 e. The summed E-state index contributed by atoms with van der Waals surface area (Å²) in [7, 11) is -3.52. The molecule has 0 aliphatic heterocycles. The molecule has 7 heteroatoms. The number of rotatable bonds is 6. The number of carbonyl (C=O) groups is 1. The molecule has 0 aromatic heterocycles. The largest absolute Gasteiger partial charge is 0.444 e. The zero-order chi connectivity index (χ0) is 16.1. The first-order valence-corrected chi connectivity index (χ1v) is 8.49. The third kappa shape index (κ3) is 10.0. The second-order valence-corrected chi connectivity index (χ2v) is 7.97. The highest BCUT2D eigenvalue weighted by Crippen LogP contribution is 2.16. The molecule has 0 fully saturated rings. The fourth-order valence-electron chi connectivity index (χ4n) is 1.56. The molecule has 1 amide bonds. The van der Waals surface area contributed by atoms with E-state index in [-0.39, 0.29) is 12.0 Å². The Morgan fingerprint density at radius 1 is 1.20 bits per heavy atom. The fourth-order valence-corrected chi connectivity index (χ4v) is 2.31. The average Bonchev–Trinajstić information content (AvgIpc) is 2.09. The molecule has 6 nitrogen and oxygen atoms in total. The molecule has 20 heavy (non-hydrogen) atoms. The topological polar surface area (TPSA) is 81.7 Å². The maximum atomic E-state index is 11.6. The van der Waals surface area contributed by atoms with E-state index in [1.165, 1.54) is 0 Å². The van der Waals surface area contributed by atoms with Gasteiger partial charge in [0.25, 0.3) is 10.1 Å². The van der Waals surface area contributed by atoms with Crippen molar-refractivity contribution in [1.82, 2.24) is 5.32 Å². The Hall–Kier alpha value is -0.820. The first kappa shape index (κ1) is 19.2. The van der Waals surface area contributed by atoms with Crippen LogP contribution >= 0.6 is 0 Å². The predicted molar refractivity (Wildman–Crippen MR) is 78.0 cm³/mol. The quantitative estimate of drug-likeness (QED) is 0.761. The molecule has 0 heterocycles. The Labute approximate surface area is 122 Å². The molecular formula is C13H27NO5S. The van der Waals surface area contributed by atoms with Gasteiger partial charge in [0.05, 0.1) is 12.4 Å². The van der Waals surface area contributed by atoms with Crippen molar-refractivity contribution in [1.29, 1.82) is 0 Å². The van der Waals surface area contributed by atoms with Gasteiger partial charge in [-0.1, -0.05) is 13.8 Å². The van der Waals surface area contributed by atoms with Gasteiger partial charge in [0, 0.05) is 6.04 Å². The number of hydrogen-bond acceptors (Lipinski definition) is 5. The summed E-state index contributed by atoms with van der Waals surface area (Å²) in [5.41, 5.74) is -0.565. The first-order valence-electron chi connectivity index (χ1n) is 6.68. The molecule has 0 spiro atoms. The van der Waals surface area contributed by atoms with E-state index in [1.54, 1.807) is 27.7 Å². The molecule has 0 saturated carbocycles. The van der Waals surface area contributed by atoms with Gasteiger partial charge in [0.1, 0.15) is 5.60 Å². The van der Waals surface area contributed by atoms with Crippen molar-refractivity contribution in [3.63, 3.8) is 0 Å². The lowest BCUT2D eigenvalue weighted by Gasteiger charge is -2.25. The number of amides is 1. The van der Waals surface area contributed by atoms with Crippen LogP contribution in [0.25, 0.3) is 0 Å². The molecule has 0 aromatic carbocycles. The minimum absolute atomic E-state index is 0.0209. The van der Waals surface area contributed by atoms with Crippen LogP contribution in [0.4, 0.5) is 4.79 Å². The van der Waals surface area contributed by atoms with Gasteiger partial charge in [0.2, 0.25) is 0 Å². The summed E-state index contributed by atoms with van der Waals surface area (Å²) < 4.78 is 32.6. The van der Waals surface area contributed by atoms with E-state index < -0.39 is 27.9 Å². The molecule has 2 atom stereocenters. The van der Waals surface area contributed by atoms with Crippen LogP contribution in [0.3, 0.4) is 0 Å². The maximum absolute atomic E-state index is 11.6. The lowest BCUT2D eigenvalue weighted by molar-refractivity contribution is 0.0487. The average molecular weight is 309 g/mol. The van der Waals surface area contributed by atoms with E-state index in [2.05, 4.69) is 5.32 Å². The van der Waals surface area contributed by atoms with Crippen LogP contribution in [0.1, 0.15) is 48.0 Å². The van der Waals surface area contributed by atoms with Crippen LogP contribution < -0.4 is 5.32 Å². The number of hydrogen-bond donors (Lipinski definition) is 1. The summed E-state index contributed by atoms with van der Waals surface area (Å²) >= 11 is 0. The summed E-state index contributed by atoms with van der Waals surface area (Å²) in [5, 5.41) is 2.67. The summed E-state index contributed by atoms with van der Waals surface area (Å²) in [6, 6.07) is -0.251. The van der Waals surface area contributed by atoms with Crippen LogP contribution in [0, 0.1) is 5.92 Å². The number of alkyl carbamates (subject to hydrolysis) is 1. The molecule has 2 unspecified atom stereocenters. The predicted octanol–water partition coefficient (Wildman–Crippen LogP) is 2.29. The summed E-state index contributed by atoms with van der Waals surface area (Å²) in [4.78, 5) is 11.6. The summed E-state index contributed by atoms with van der Waals surface area (Å²) in [6.45, 7) is 10.9. The highest BCUT2D eigenvalue weighted by atomic mass is 32.2. The van der Waals surface area contributed by atoms with Gasteiger partial charge in [0.15, 0.2) is 0 Å². The number of nitrogens with one attached hydrogen (secondary N) is 1. The lowest BCUT2D eigenvalue weighted by Crippen LogP contribution is -2.40. The second kappa shape index (κ2) is 7.26. The Morgan fingerprint density at radius 2 is 1.70 bits per heavy atom. The van der Waals surface area contributed by atoms with Crippen LogP contribution in [0.15, 0.2) is 0 Å². The standard InChI is InChI=1S/C13H27NO5S/c1-9(2)11(19-20(7,16)17)8-10(3)14-12(15)18-13(4,5)6/h9-11H,8H2,1-7H3,(H,14,15). The van der Waals surface area contributed by atoms with E-state index in [1.807, 2.05) is 13.8 Å². The fraction of sp³-hybridized carbons (Fsp3) is 0.923. The minimum Gasteiger partial charge on any atom is -0.444 e. The van der Waals surface area contributed by atoms with Crippen molar-refractivity contribution < 1.29 is 22.1 Å². The van der Waals surface area contributed by atoms with E-state index in [9.17, 15) is 13.2 Å². The lowest BCUT2D eigenvalue weighted by atomic mass is 10.0. The molecule has 0 radical (unpaired) electrons. The van der Waals surface area contributed by atoms with Crippen LogP contribution in [0.5, 0.6) is 0 Å². The van der Waals surface area contributed by atoms with Crippen molar-refractivity contribution in [2.24, 2.45) is 5.92 Å². The van der Waals surface area contributed by atoms with Crippen molar-refractivity contribution in [2.45, 2.75) is 65.7 Å². The Balaban J connectivity index is 4.47. The van der Waals surface area contributed by atoms with Gasteiger partial charge in [-0.2, -0.15) is 8.42 Å². The normalized spacial score (nSPS) is 15.8. The molecule has 0 aliphatic rings. The SMILES string of the molecule is CC(CC(OS(C)(=O)=O)C(C)C)NC(=O)OC(C)(C)C.